The van der Waals surface area contributed by atoms with Crippen molar-refractivity contribution in [3.63, 3.8) is 0 Å². The van der Waals surface area contributed by atoms with Crippen molar-refractivity contribution in [3.05, 3.63) is 131 Å². The van der Waals surface area contributed by atoms with Crippen LogP contribution >= 0.6 is 15.6 Å². The molecule has 21 heteroatoms. The van der Waals surface area contributed by atoms with E-state index in [0.29, 0.717) is 0 Å². The summed E-state index contributed by atoms with van der Waals surface area (Å²) in [4.78, 5) is 28.6. The van der Waals surface area contributed by atoms with Crippen LogP contribution in [0.2, 0.25) is 0 Å². The van der Waals surface area contributed by atoms with Crippen molar-refractivity contribution in [2.45, 2.75) is 157 Å². The Morgan fingerprint density at radius 3 is 0.520 bits per heavy atom. The largest absolute Gasteiger partial charge is 2.00 e. The molecule has 0 saturated heterocycles. The minimum atomic E-state index is -10.7. The average Bonchev–Trinajstić information content (AvgIpc) is 3.20. The molecule has 6 heterocycles. The van der Waals surface area contributed by atoms with E-state index in [0.717, 1.165) is 45.6 Å². The van der Waals surface area contributed by atoms with Crippen molar-refractivity contribution in [2.24, 2.45) is 0 Å². The molecular formula is C54H70F12N6OsP2. The van der Waals surface area contributed by atoms with E-state index < -0.39 is 15.6 Å². The van der Waals surface area contributed by atoms with Crippen LogP contribution in [-0.4, -0.2) is 29.9 Å². The van der Waals surface area contributed by atoms with E-state index in [4.69, 9.17) is 9.97 Å². The van der Waals surface area contributed by atoms with E-state index in [1.54, 1.807) is 0 Å². The molecule has 6 aromatic rings. The van der Waals surface area contributed by atoms with E-state index in [1.807, 2.05) is 24.8 Å². The van der Waals surface area contributed by atoms with Gasteiger partial charge in [-0.25, -0.2) is 9.97 Å². The first-order chi connectivity index (χ1) is 32.4. The molecule has 0 atom stereocenters. The second-order valence-electron chi connectivity index (χ2n) is 24.4. The van der Waals surface area contributed by atoms with Gasteiger partial charge < -0.3 is 0 Å². The first kappa shape index (κ1) is 66.7. The zero-order valence-corrected chi connectivity index (χ0v) is 50.0. The van der Waals surface area contributed by atoms with Gasteiger partial charge >= 0.3 is 85.8 Å². The van der Waals surface area contributed by atoms with Gasteiger partial charge in [0.15, 0.2) is 0 Å². The van der Waals surface area contributed by atoms with Crippen LogP contribution in [0, 0.1) is 0 Å². The number of halogens is 12. The summed E-state index contributed by atoms with van der Waals surface area (Å²) in [5.74, 6) is 0. The van der Waals surface area contributed by atoms with Crippen LogP contribution in [0.5, 0.6) is 0 Å². The Labute approximate surface area is 447 Å². The van der Waals surface area contributed by atoms with Crippen molar-refractivity contribution in [1.29, 1.82) is 0 Å². The molecular weight excluding hydrogens is 1210 g/mol. The van der Waals surface area contributed by atoms with Gasteiger partial charge in [-0.3, -0.25) is 19.9 Å². The molecule has 0 spiro atoms. The number of hydrogen-bond donors (Lipinski definition) is 0. The van der Waals surface area contributed by atoms with Gasteiger partial charge in [-0.15, -0.1) is 0 Å². The molecule has 75 heavy (non-hydrogen) atoms. The zero-order chi connectivity index (χ0) is 57.5. The Bertz CT molecular complexity index is 2570. The minimum Gasteiger partial charge on any atom is 2.00 e. The van der Waals surface area contributed by atoms with Gasteiger partial charge in [0.25, 0.3) is 0 Å². The number of rotatable bonds is 4. The van der Waals surface area contributed by atoms with Crippen LogP contribution in [0.15, 0.2) is 97.6 Å². The molecule has 6 rings (SSSR count). The molecule has 6 aromatic heterocycles. The second kappa shape index (κ2) is 20.7. The maximum absolute atomic E-state index is 10.7. The molecule has 0 unspecified atom stereocenters. The fourth-order valence-electron chi connectivity index (χ4n) is 6.60. The normalized spacial score (nSPS) is 14.6. The fourth-order valence-corrected chi connectivity index (χ4v) is 6.60. The van der Waals surface area contributed by atoms with Gasteiger partial charge in [0.05, 0.1) is 45.6 Å². The van der Waals surface area contributed by atoms with E-state index >= 15 is 0 Å². The van der Waals surface area contributed by atoms with Gasteiger partial charge in [-0.05, 0) is 139 Å². The first-order valence-electron chi connectivity index (χ1n) is 23.5. The summed E-state index contributed by atoms with van der Waals surface area (Å²) in [5, 5.41) is 0. The van der Waals surface area contributed by atoms with Crippen LogP contribution < -0.4 is 0 Å². The summed E-state index contributed by atoms with van der Waals surface area (Å²) in [5.41, 5.74) is 14.9. The molecule has 0 radical (unpaired) electrons. The van der Waals surface area contributed by atoms with Crippen LogP contribution in [0.1, 0.15) is 158 Å². The predicted molar refractivity (Wildman–Crippen MR) is 281 cm³/mol. The third kappa shape index (κ3) is 25.5. The SMILES string of the molecule is CC(C)(C)c1ccnc(-c2cc(C(C)(C)C)cc(-c3cc(C(C)(C)C)ccn3)n2)c1.CC(C)(C)c1ccnc(-c2cc(C(C)(C)C)cc(-c3cc(C(C)(C)C)ccn3)n2)c1.F[P-](F)(F)(F)(F)F.F[P-](F)(F)(F)(F)F.[Os+2]. The Morgan fingerprint density at radius 1 is 0.253 bits per heavy atom. The molecule has 0 aliphatic carbocycles. The molecule has 0 aromatic carbocycles. The van der Waals surface area contributed by atoms with E-state index in [9.17, 15) is 50.4 Å². The Hall–Kier alpha value is -4.44. The molecule has 0 N–H and O–H groups in total. The molecule has 0 aliphatic heterocycles. The van der Waals surface area contributed by atoms with Crippen molar-refractivity contribution >= 4 is 15.6 Å². The molecule has 0 aliphatic rings. The maximum atomic E-state index is 9.87. The molecule has 6 nitrogen and oxygen atoms in total. The summed E-state index contributed by atoms with van der Waals surface area (Å²) in [7, 11) is -21.3. The summed E-state index contributed by atoms with van der Waals surface area (Å²) >= 11 is 0. The number of nitrogens with zero attached hydrogens (tertiary/aromatic N) is 6. The van der Waals surface area contributed by atoms with Crippen molar-refractivity contribution < 1.29 is 70.2 Å². The Kier molecular flexibility index (Phi) is 18.4. The first-order valence-corrected chi connectivity index (χ1v) is 27.5. The molecule has 0 amide bonds. The fraction of sp³-hybridized carbons (Fsp3) is 0.444. The summed E-state index contributed by atoms with van der Waals surface area (Å²) < 4.78 is 118. The van der Waals surface area contributed by atoms with Crippen LogP contribution in [0.3, 0.4) is 0 Å². The second-order valence-corrected chi connectivity index (χ2v) is 28.2. The number of aromatic nitrogens is 6. The standard InChI is InChI=1S/2C27H35N3.2F6P.Os/c2*1-25(2,3)18-10-12-28-21(14-18)23-16-20(27(7,8)9)17-24(30-23)22-15-19(11-13-29-22)26(4,5)6;2*1-7(2,3,4,5)6;/h2*10-17H,1-9H3;;;/q;;2*-1;+2. The Balaban J connectivity index is 0.000000405. The van der Waals surface area contributed by atoms with E-state index in [1.165, 1.54) is 33.4 Å². The quantitative estimate of drug-likeness (QED) is 0.129. The molecule has 0 bridgehead atoms. The summed E-state index contributed by atoms with van der Waals surface area (Å²) in [6, 6.07) is 25.7. The monoisotopic (exact) mass is 1280 g/mol. The molecule has 0 fully saturated rings. The minimum absolute atomic E-state index is 0. The third-order valence-electron chi connectivity index (χ3n) is 10.9. The van der Waals surface area contributed by atoms with Gasteiger partial charge in [0.1, 0.15) is 0 Å². The van der Waals surface area contributed by atoms with Crippen LogP contribution in [0.25, 0.3) is 45.6 Å². The van der Waals surface area contributed by atoms with Crippen molar-refractivity contribution in [1.82, 2.24) is 29.9 Å². The third-order valence-corrected chi connectivity index (χ3v) is 10.9. The van der Waals surface area contributed by atoms with Crippen molar-refractivity contribution in [3.8, 4) is 45.6 Å². The summed E-state index contributed by atoms with van der Waals surface area (Å²) in [6.45, 7) is 40.0. The van der Waals surface area contributed by atoms with E-state index in [-0.39, 0.29) is 52.3 Å². The topological polar surface area (TPSA) is 77.3 Å². The zero-order valence-electron chi connectivity index (χ0n) is 45.7. The Morgan fingerprint density at radius 2 is 0.387 bits per heavy atom. The van der Waals surface area contributed by atoms with Gasteiger partial charge in [0, 0.05) is 24.8 Å². The van der Waals surface area contributed by atoms with Gasteiger partial charge in [-0.2, -0.15) is 0 Å². The van der Waals surface area contributed by atoms with Crippen LogP contribution in [-0.2, 0) is 52.3 Å². The maximum Gasteiger partial charge on any atom is 2.00 e. The smallest absolute Gasteiger partial charge is 2.00 e. The average molecular weight is 1280 g/mol. The molecule has 418 valence electrons. The van der Waals surface area contributed by atoms with Gasteiger partial charge in [0.2, 0.25) is 0 Å². The van der Waals surface area contributed by atoms with Gasteiger partial charge in [-0.1, -0.05) is 125 Å². The number of hydrogen-bond acceptors (Lipinski definition) is 6. The van der Waals surface area contributed by atoms with Crippen molar-refractivity contribution in [2.75, 3.05) is 0 Å². The number of pyridine rings is 6. The summed E-state index contributed by atoms with van der Waals surface area (Å²) in [6.07, 6.45) is 7.55. The van der Waals surface area contributed by atoms with E-state index in [2.05, 4.69) is 217 Å². The van der Waals surface area contributed by atoms with Crippen LogP contribution in [0.4, 0.5) is 50.4 Å². The predicted octanol–water partition coefficient (Wildman–Crippen LogP) is 21.0. The molecule has 0 saturated carbocycles.